The topological polar surface area (TPSA) is 58.6 Å². The summed E-state index contributed by atoms with van der Waals surface area (Å²) in [6.45, 7) is 4.71. The molecule has 0 saturated carbocycles. The second-order valence-electron chi connectivity index (χ2n) is 5.37. The highest BCUT2D eigenvalue weighted by Gasteiger charge is 2.22. The molecular formula is C18H22N2O3S. The molecule has 2 rings (SSSR count). The molecule has 1 unspecified atom stereocenters. The van der Waals surface area contributed by atoms with Crippen molar-refractivity contribution in [2.75, 3.05) is 13.7 Å². The summed E-state index contributed by atoms with van der Waals surface area (Å²) in [6, 6.07) is 10.6. The first-order chi connectivity index (χ1) is 11.5. The Kier molecular flexibility index (Phi) is 6.37. The molecule has 6 heteroatoms. The van der Waals surface area contributed by atoms with Crippen LogP contribution in [-0.2, 0) is 11.3 Å². The predicted octanol–water partition coefficient (Wildman–Crippen LogP) is 2.92. The highest BCUT2D eigenvalue weighted by molar-refractivity contribution is 7.12. The van der Waals surface area contributed by atoms with Crippen LogP contribution in [0.15, 0.2) is 41.8 Å². The van der Waals surface area contributed by atoms with Gasteiger partial charge in [0.15, 0.2) is 0 Å². The number of carbonyl (C=O) groups is 2. The summed E-state index contributed by atoms with van der Waals surface area (Å²) in [5, 5.41) is 4.60. The first kappa shape index (κ1) is 18.0. The van der Waals surface area contributed by atoms with Gasteiger partial charge >= 0.3 is 0 Å². The van der Waals surface area contributed by atoms with Crippen LogP contribution in [0.5, 0.6) is 5.75 Å². The number of ether oxygens (including phenoxy) is 1. The van der Waals surface area contributed by atoms with E-state index in [1.54, 1.807) is 25.0 Å². The van der Waals surface area contributed by atoms with Crippen molar-refractivity contribution >= 4 is 23.2 Å². The normalized spacial score (nSPS) is 11.6. The summed E-state index contributed by atoms with van der Waals surface area (Å²) < 4.78 is 5.14. The molecular weight excluding hydrogens is 324 g/mol. The van der Waals surface area contributed by atoms with Gasteiger partial charge in [0.1, 0.15) is 11.8 Å². The van der Waals surface area contributed by atoms with Gasteiger partial charge in [-0.05, 0) is 43.0 Å². The third-order valence-electron chi connectivity index (χ3n) is 3.69. The Balaban J connectivity index is 1.97. The maximum absolute atomic E-state index is 12.6. The van der Waals surface area contributed by atoms with E-state index in [9.17, 15) is 9.59 Å². The lowest BCUT2D eigenvalue weighted by molar-refractivity contribution is -0.133. The van der Waals surface area contributed by atoms with Gasteiger partial charge in [0.05, 0.1) is 12.0 Å². The van der Waals surface area contributed by atoms with Gasteiger partial charge in [0.2, 0.25) is 5.91 Å². The van der Waals surface area contributed by atoms with Gasteiger partial charge in [-0.25, -0.2) is 0 Å². The molecule has 1 aromatic heterocycles. The minimum atomic E-state index is -0.571. The SMILES string of the molecule is CCN(Cc1ccc(OC)cc1)C(=O)C(C)NC(=O)c1cccs1. The molecule has 2 aromatic rings. The predicted molar refractivity (Wildman–Crippen MR) is 95.3 cm³/mol. The second-order valence-corrected chi connectivity index (χ2v) is 6.32. The van der Waals surface area contributed by atoms with E-state index in [-0.39, 0.29) is 11.8 Å². The Morgan fingerprint density at radius 1 is 1.25 bits per heavy atom. The van der Waals surface area contributed by atoms with Gasteiger partial charge in [-0.1, -0.05) is 18.2 Å². The molecule has 128 valence electrons. The van der Waals surface area contributed by atoms with E-state index in [1.165, 1.54) is 11.3 Å². The quantitative estimate of drug-likeness (QED) is 0.838. The van der Waals surface area contributed by atoms with E-state index < -0.39 is 6.04 Å². The van der Waals surface area contributed by atoms with Gasteiger partial charge in [0.25, 0.3) is 5.91 Å². The van der Waals surface area contributed by atoms with Crippen molar-refractivity contribution in [1.82, 2.24) is 10.2 Å². The maximum atomic E-state index is 12.6. The van der Waals surface area contributed by atoms with E-state index in [0.29, 0.717) is 18.0 Å². The number of hydrogen-bond donors (Lipinski definition) is 1. The molecule has 1 heterocycles. The lowest BCUT2D eigenvalue weighted by Gasteiger charge is -2.25. The highest BCUT2D eigenvalue weighted by atomic mass is 32.1. The molecule has 0 fully saturated rings. The summed E-state index contributed by atoms with van der Waals surface area (Å²) in [6.07, 6.45) is 0. The van der Waals surface area contributed by atoms with Crippen molar-refractivity contribution < 1.29 is 14.3 Å². The van der Waals surface area contributed by atoms with Crippen LogP contribution in [0.2, 0.25) is 0 Å². The monoisotopic (exact) mass is 346 g/mol. The molecule has 0 aliphatic heterocycles. The molecule has 1 N–H and O–H groups in total. The summed E-state index contributed by atoms with van der Waals surface area (Å²) in [7, 11) is 1.62. The molecule has 1 aromatic carbocycles. The standard InChI is InChI=1S/C18H22N2O3S/c1-4-20(12-14-7-9-15(23-3)10-8-14)18(22)13(2)19-17(21)16-6-5-11-24-16/h5-11,13H,4,12H2,1-3H3,(H,19,21). The lowest BCUT2D eigenvalue weighted by atomic mass is 10.2. The number of amides is 2. The highest BCUT2D eigenvalue weighted by Crippen LogP contribution is 2.14. The largest absolute Gasteiger partial charge is 0.497 e. The maximum Gasteiger partial charge on any atom is 0.261 e. The zero-order valence-electron chi connectivity index (χ0n) is 14.1. The lowest BCUT2D eigenvalue weighted by Crippen LogP contribution is -2.46. The first-order valence-electron chi connectivity index (χ1n) is 7.81. The third-order valence-corrected chi connectivity index (χ3v) is 4.56. The smallest absolute Gasteiger partial charge is 0.261 e. The van der Waals surface area contributed by atoms with Crippen molar-refractivity contribution in [1.29, 1.82) is 0 Å². The van der Waals surface area contributed by atoms with E-state index in [2.05, 4.69) is 5.32 Å². The van der Waals surface area contributed by atoms with Crippen LogP contribution < -0.4 is 10.1 Å². The minimum absolute atomic E-state index is 0.0989. The van der Waals surface area contributed by atoms with Crippen LogP contribution >= 0.6 is 11.3 Å². The van der Waals surface area contributed by atoms with Gasteiger partial charge in [-0.3, -0.25) is 9.59 Å². The Hall–Kier alpha value is -2.34. The molecule has 0 aliphatic carbocycles. The fourth-order valence-corrected chi connectivity index (χ4v) is 2.93. The number of thiophene rings is 1. The van der Waals surface area contributed by atoms with Crippen LogP contribution in [0.1, 0.15) is 29.1 Å². The average molecular weight is 346 g/mol. The molecule has 5 nitrogen and oxygen atoms in total. The molecule has 0 aliphatic rings. The second kappa shape index (κ2) is 8.49. The number of carbonyl (C=O) groups excluding carboxylic acids is 2. The fourth-order valence-electron chi connectivity index (χ4n) is 2.31. The van der Waals surface area contributed by atoms with Gasteiger partial charge < -0.3 is 15.0 Å². The van der Waals surface area contributed by atoms with Crippen molar-refractivity contribution in [2.24, 2.45) is 0 Å². The Bertz CT molecular complexity index is 668. The number of methoxy groups -OCH3 is 1. The first-order valence-corrected chi connectivity index (χ1v) is 8.69. The minimum Gasteiger partial charge on any atom is -0.497 e. The molecule has 24 heavy (non-hydrogen) atoms. The van der Waals surface area contributed by atoms with E-state index in [1.807, 2.05) is 42.6 Å². The van der Waals surface area contributed by atoms with Crippen molar-refractivity contribution in [2.45, 2.75) is 26.4 Å². The number of nitrogens with one attached hydrogen (secondary N) is 1. The Morgan fingerprint density at radius 2 is 1.96 bits per heavy atom. The van der Waals surface area contributed by atoms with Crippen LogP contribution in [-0.4, -0.2) is 36.4 Å². The number of hydrogen-bond acceptors (Lipinski definition) is 4. The Labute approximate surface area is 146 Å². The zero-order valence-corrected chi connectivity index (χ0v) is 14.9. The van der Waals surface area contributed by atoms with Gasteiger partial charge in [0, 0.05) is 13.1 Å². The summed E-state index contributed by atoms with van der Waals surface area (Å²) in [4.78, 5) is 27.0. The van der Waals surface area contributed by atoms with E-state index in [4.69, 9.17) is 4.74 Å². The molecule has 0 bridgehead atoms. The number of likely N-dealkylation sites (N-methyl/N-ethyl adjacent to an activating group) is 1. The molecule has 0 saturated heterocycles. The fraction of sp³-hybridized carbons (Fsp3) is 0.333. The number of rotatable bonds is 7. The summed E-state index contributed by atoms with van der Waals surface area (Å²) >= 11 is 1.36. The van der Waals surface area contributed by atoms with E-state index in [0.717, 1.165) is 11.3 Å². The van der Waals surface area contributed by atoms with Crippen molar-refractivity contribution in [3.8, 4) is 5.75 Å². The molecule has 0 radical (unpaired) electrons. The molecule has 1 atom stereocenters. The van der Waals surface area contributed by atoms with Crippen LogP contribution in [0, 0.1) is 0 Å². The summed E-state index contributed by atoms with van der Waals surface area (Å²) in [5.41, 5.74) is 1.02. The van der Waals surface area contributed by atoms with Gasteiger partial charge in [-0.2, -0.15) is 0 Å². The third kappa shape index (κ3) is 4.58. The van der Waals surface area contributed by atoms with Crippen LogP contribution in [0.3, 0.4) is 0 Å². The van der Waals surface area contributed by atoms with E-state index >= 15 is 0 Å². The van der Waals surface area contributed by atoms with Crippen LogP contribution in [0.25, 0.3) is 0 Å². The van der Waals surface area contributed by atoms with Crippen LogP contribution in [0.4, 0.5) is 0 Å². The molecule has 0 spiro atoms. The average Bonchev–Trinajstić information content (AvgIpc) is 3.14. The number of benzene rings is 1. The van der Waals surface area contributed by atoms with Crippen molar-refractivity contribution in [3.63, 3.8) is 0 Å². The van der Waals surface area contributed by atoms with Gasteiger partial charge in [-0.15, -0.1) is 11.3 Å². The van der Waals surface area contributed by atoms with Crippen molar-refractivity contribution in [3.05, 3.63) is 52.2 Å². The Morgan fingerprint density at radius 3 is 2.50 bits per heavy atom. The summed E-state index contributed by atoms with van der Waals surface area (Å²) in [5.74, 6) is 0.467. The zero-order chi connectivity index (χ0) is 17.5. The molecule has 2 amide bonds. The number of nitrogens with zero attached hydrogens (tertiary/aromatic N) is 1.